The lowest BCUT2D eigenvalue weighted by Gasteiger charge is -2.34. The Bertz CT molecular complexity index is 715. The number of fused-ring (bicyclic) bond motifs is 1. The number of carbonyl (C=O) groups is 1. The van der Waals surface area contributed by atoms with Crippen molar-refractivity contribution >= 4 is 22.9 Å². The van der Waals surface area contributed by atoms with Crippen LogP contribution in [-0.4, -0.2) is 51.0 Å². The van der Waals surface area contributed by atoms with E-state index in [9.17, 15) is 4.79 Å². The first-order chi connectivity index (χ1) is 12.7. The zero-order valence-electron chi connectivity index (χ0n) is 15.5. The maximum absolute atomic E-state index is 13.2. The Morgan fingerprint density at radius 1 is 1.27 bits per heavy atom. The highest BCUT2D eigenvalue weighted by molar-refractivity contribution is 6.33. The molecule has 1 amide bonds. The molecule has 0 radical (unpaired) electrons. The van der Waals surface area contributed by atoms with Gasteiger partial charge in [-0.2, -0.15) is 0 Å². The molecule has 1 aromatic carbocycles. The highest BCUT2D eigenvalue weighted by atomic mass is 16.5. The van der Waals surface area contributed by atoms with Crippen molar-refractivity contribution in [2.75, 3.05) is 43.2 Å². The molecule has 3 aliphatic rings. The van der Waals surface area contributed by atoms with Gasteiger partial charge in [-0.3, -0.25) is 9.69 Å². The van der Waals surface area contributed by atoms with Crippen LogP contribution in [-0.2, 0) is 14.3 Å². The van der Waals surface area contributed by atoms with Crippen molar-refractivity contribution in [2.45, 2.75) is 38.8 Å². The van der Waals surface area contributed by atoms with Gasteiger partial charge in [0.1, 0.15) is 0 Å². The van der Waals surface area contributed by atoms with E-state index in [0.29, 0.717) is 32.5 Å². The first kappa shape index (κ1) is 17.4. The number of hydrogen-bond acceptors (Lipinski definition) is 5. The number of nitrogens with one attached hydrogen (secondary N) is 2. The summed E-state index contributed by atoms with van der Waals surface area (Å²) in [5.41, 5.74) is 4.68. The summed E-state index contributed by atoms with van der Waals surface area (Å²) in [5, 5.41) is 6.96. The van der Waals surface area contributed by atoms with Crippen molar-refractivity contribution in [1.29, 1.82) is 0 Å². The van der Waals surface area contributed by atoms with E-state index in [2.05, 4.69) is 42.7 Å². The fourth-order valence-corrected chi connectivity index (χ4v) is 3.80. The predicted molar refractivity (Wildman–Crippen MR) is 102 cm³/mol. The summed E-state index contributed by atoms with van der Waals surface area (Å²) in [6, 6.07) is 6.82. The van der Waals surface area contributed by atoms with E-state index in [4.69, 9.17) is 9.47 Å². The van der Waals surface area contributed by atoms with Crippen molar-refractivity contribution in [3.8, 4) is 0 Å². The summed E-state index contributed by atoms with van der Waals surface area (Å²) < 4.78 is 10.9. The monoisotopic (exact) mass is 357 g/mol. The lowest BCUT2D eigenvalue weighted by molar-refractivity contribution is -0.115. The van der Waals surface area contributed by atoms with Crippen molar-refractivity contribution in [3.63, 3.8) is 0 Å². The molecule has 140 valence electrons. The standard InChI is InChI=1S/C20H27N3O3/c1-3-13(4-2)22-14-5-6-18-16(9-14)19(17-12-25-8-7-21-17)20(24)23(18)15-10-26-11-15/h5-6,9,13,15,21-22H,3-4,7-8,10-12H2,1-2H3/b19-17-. The third-order valence-corrected chi connectivity index (χ3v) is 5.43. The maximum Gasteiger partial charge on any atom is 0.261 e. The number of ether oxygens (including phenoxy) is 2. The molecular formula is C20H27N3O3. The van der Waals surface area contributed by atoms with Crippen LogP contribution in [0.5, 0.6) is 0 Å². The van der Waals surface area contributed by atoms with Crippen LogP contribution in [0.4, 0.5) is 11.4 Å². The predicted octanol–water partition coefficient (Wildman–Crippen LogP) is 2.36. The smallest absolute Gasteiger partial charge is 0.261 e. The van der Waals surface area contributed by atoms with Crippen molar-refractivity contribution in [1.82, 2.24) is 5.32 Å². The summed E-state index contributed by atoms with van der Waals surface area (Å²) in [7, 11) is 0. The minimum Gasteiger partial charge on any atom is -0.383 e. The third kappa shape index (κ3) is 2.97. The summed E-state index contributed by atoms with van der Waals surface area (Å²) in [5.74, 6) is 0.0565. The van der Waals surface area contributed by atoms with E-state index in [0.717, 1.165) is 47.6 Å². The number of benzene rings is 1. The number of morpholine rings is 1. The summed E-state index contributed by atoms with van der Waals surface area (Å²) in [4.78, 5) is 15.1. The first-order valence-corrected chi connectivity index (χ1v) is 9.60. The molecule has 2 saturated heterocycles. The normalized spacial score (nSPS) is 23.0. The van der Waals surface area contributed by atoms with Gasteiger partial charge in [0.2, 0.25) is 0 Å². The average molecular weight is 357 g/mol. The van der Waals surface area contributed by atoms with Crippen molar-refractivity contribution in [2.24, 2.45) is 0 Å². The molecule has 2 fully saturated rings. The van der Waals surface area contributed by atoms with Crippen molar-refractivity contribution < 1.29 is 14.3 Å². The average Bonchev–Trinajstić information content (AvgIpc) is 2.91. The third-order valence-electron chi connectivity index (χ3n) is 5.43. The van der Waals surface area contributed by atoms with Gasteiger partial charge in [0.25, 0.3) is 5.91 Å². The SMILES string of the molecule is CCC(CC)Nc1ccc2c(c1)/C(=C1\COCCN1)C(=O)N2C1COC1. The largest absolute Gasteiger partial charge is 0.383 e. The molecule has 0 saturated carbocycles. The molecule has 0 aliphatic carbocycles. The van der Waals surface area contributed by atoms with E-state index >= 15 is 0 Å². The van der Waals surface area contributed by atoms with Crippen LogP contribution in [0, 0.1) is 0 Å². The minimum atomic E-state index is 0.0565. The van der Waals surface area contributed by atoms with E-state index in [-0.39, 0.29) is 11.9 Å². The van der Waals surface area contributed by atoms with Crippen LogP contribution in [0.2, 0.25) is 0 Å². The van der Waals surface area contributed by atoms with E-state index in [1.807, 2.05) is 4.90 Å². The quantitative estimate of drug-likeness (QED) is 0.792. The van der Waals surface area contributed by atoms with Crippen LogP contribution in [0.1, 0.15) is 32.3 Å². The minimum absolute atomic E-state index is 0.0565. The number of nitrogens with zero attached hydrogens (tertiary/aromatic N) is 1. The Kier molecular flexibility index (Phi) is 4.87. The Morgan fingerprint density at radius 2 is 2.08 bits per heavy atom. The molecule has 3 heterocycles. The van der Waals surface area contributed by atoms with Crippen LogP contribution in [0.15, 0.2) is 23.9 Å². The van der Waals surface area contributed by atoms with Crippen LogP contribution in [0.25, 0.3) is 5.57 Å². The Balaban J connectivity index is 1.74. The molecule has 0 aromatic heterocycles. The zero-order chi connectivity index (χ0) is 18.1. The first-order valence-electron chi connectivity index (χ1n) is 9.60. The molecule has 6 nitrogen and oxygen atoms in total. The molecule has 0 unspecified atom stereocenters. The molecule has 3 aliphatic heterocycles. The maximum atomic E-state index is 13.2. The van der Waals surface area contributed by atoms with E-state index in [1.54, 1.807) is 0 Å². The van der Waals surface area contributed by atoms with Gasteiger partial charge in [0.05, 0.1) is 49.4 Å². The Hall–Kier alpha value is -2.05. The lowest BCUT2D eigenvalue weighted by atomic mass is 10.0. The summed E-state index contributed by atoms with van der Waals surface area (Å²) >= 11 is 0. The Morgan fingerprint density at radius 3 is 2.69 bits per heavy atom. The van der Waals surface area contributed by atoms with Crippen LogP contribution < -0.4 is 15.5 Å². The molecule has 6 heteroatoms. The van der Waals surface area contributed by atoms with Gasteiger partial charge in [0, 0.05) is 23.8 Å². The molecular weight excluding hydrogens is 330 g/mol. The van der Waals surface area contributed by atoms with E-state index < -0.39 is 0 Å². The molecule has 0 atom stereocenters. The second-order valence-corrected chi connectivity index (χ2v) is 7.09. The highest BCUT2D eigenvalue weighted by Crippen LogP contribution is 2.42. The topological polar surface area (TPSA) is 62.8 Å². The van der Waals surface area contributed by atoms with Crippen LogP contribution >= 0.6 is 0 Å². The van der Waals surface area contributed by atoms with Gasteiger partial charge in [-0.1, -0.05) is 13.8 Å². The van der Waals surface area contributed by atoms with Gasteiger partial charge in [-0.05, 0) is 31.0 Å². The molecule has 0 spiro atoms. The molecule has 2 N–H and O–H groups in total. The molecule has 0 bridgehead atoms. The number of anilines is 2. The molecule has 1 aromatic rings. The number of hydrogen-bond donors (Lipinski definition) is 2. The van der Waals surface area contributed by atoms with Gasteiger partial charge < -0.3 is 20.1 Å². The summed E-state index contributed by atoms with van der Waals surface area (Å²) in [6.07, 6.45) is 2.14. The zero-order valence-corrected chi connectivity index (χ0v) is 15.5. The van der Waals surface area contributed by atoms with E-state index in [1.165, 1.54) is 0 Å². The highest BCUT2D eigenvalue weighted by Gasteiger charge is 2.41. The van der Waals surface area contributed by atoms with Gasteiger partial charge in [-0.25, -0.2) is 0 Å². The number of carbonyl (C=O) groups excluding carboxylic acids is 1. The molecule has 26 heavy (non-hydrogen) atoms. The lowest BCUT2D eigenvalue weighted by Crippen LogP contribution is -2.50. The number of amides is 1. The fraction of sp³-hybridized carbons (Fsp3) is 0.550. The Labute approximate surface area is 154 Å². The van der Waals surface area contributed by atoms with Gasteiger partial charge >= 0.3 is 0 Å². The molecule has 4 rings (SSSR count). The fourth-order valence-electron chi connectivity index (χ4n) is 3.80. The summed E-state index contributed by atoms with van der Waals surface area (Å²) in [6.45, 7) is 7.45. The number of rotatable bonds is 5. The second kappa shape index (κ2) is 7.29. The van der Waals surface area contributed by atoms with Gasteiger partial charge in [-0.15, -0.1) is 0 Å². The second-order valence-electron chi connectivity index (χ2n) is 7.09. The van der Waals surface area contributed by atoms with Crippen LogP contribution in [0.3, 0.4) is 0 Å². The van der Waals surface area contributed by atoms with Gasteiger partial charge in [0.15, 0.2) is 0 Å². The van der Waals surface area contributed by atoms with Crippen molar-refractivity contribution in [3.05, 3.63) is 29.5 Å².